The Balaban J connectivity index is 1.40. The van der Waals surface area contributed by atoms with Crippen molar-refractivity contribution in [2.24, 2.45) is 0 Å². The Morgan fingerprint density at radius 1 is 1.44 bits per heavy atom. The quantitative estimate of drug-likeness (QED) is 0.777. The van der Waals surface area contributed by atoms with Gasteiger partial charge in [-0.15, -0.1) is 0 Å². The van der Waals surface area contributed by atoms with Gasteiger partial charge in [0.05, 0.1) is 6.54 Å². The van der Waals surface area contributed by atoms with Crippen LogP contribution in [0.5, 0.6) is 0 Å². The van der Waals surface area contributed by atoms with E-state index in [9.17, 15) is 0 Å². The number of hydrogen-bond donors (Lipinski definition) is 1. The van der Waals surface area contributed by atoms with E-state index < -0.39 is 0 Å². The summed E-state index contributed by atoms with van der Waals surface area (Å²) in [5.74, 6) is 1.23. The first-order chi connectivity index (χ1) is 8.83. The minimum Gasteiger partial charge on any atom is -0.333 e. The largest absolute Gasteiger partial charge is 0.333 e. The molecular weight excluding hydrogens is 224 g/mol. The third kappa shape index (κ3) is 2.93. The summed E-state index contributed by atoms with van der Waals surface area (Å²) >= 11 is 0. The van der Waals surface area contributed by atoms with Crippen LogP contribution in [0.25, 0.3) is 0 Å². The summed E-state index contributed by atoms with van der Waals surface area (Å²) < 4.78 is 2.28. The average molecular weight is 248 g/mol. The third-order valence-corrected chi connectivity index (χ3v) is 4.21. The van der Waals surface area contributed by atoms with Crippen molar-refractivity contribution in [1.29, 1.82) is 0 Å². The van der Waals surface area contributed by atoms with Gasteiger partial charge in [0.15, 0.2) is 0 Å². The molecule has 0 radical (unpaired) electrons. The lowest BCUT2D eigenvalue weighted by Gasteiger charge is -2.32. The van der Waals surface area contributed by atoms with Crippen LogP contribution in [0.4, 0.5) is 0 Å². The van der Waals surface area contributed by atoms with E-state index in [2.05, 4.69) is 32.9 Å². The molecule has 1 aromatic heterocycles. The summed E-state index contributed by atoms with van der Waals surface area (Å²) in [5, 5.41) is 3.59. The van der Waals surface area contributed by atoms with E-state index in [1.807, 2.05) is 6.20 Å². The summed E-state index contributed by atoms with van der Waals surface area (Å²) in [4.78, 5) is 7.00. The topological polar surface area (TPSA) is 33.1 Å². The van der Waals surface area contributed by atoms with Crippen LogP contribution < -0.4 is 5.32 Å². The Morgan fingerprint density at radius 2 is 2.33 bits per heavy atom. The molecule has 1 N–H and O–H groups in total. The van der Waals surface area contributed by atoms with Gasteiger partial charge in [-0.25, -0.2) is 4.98 Å². The standard InChI is InChI=1S/C14H24N4/c1-12(3-2-6-15-13-4-5-13)18-10-9-17-8-7-16-14(17)11-18/h7-8,12-13,15H,2-6,9-11H2,1H3. The van der Waals surface area contributed by atoms with Gasteiger partial charge in [-0.2, -0.15) is 0 Å². The van der Waals surface area contributed by atoms with Crippen LogP contribution >= 0.6 is 0 Å². The molecule has 0 amide bonds. The van der Waals surface area contributed by atoms with Crippen molar-refractivity contribution < 1.29 is 0 Å². The maximum Gasteiger partial charge on any atom is 0.122 e. The second kappa shape index (κ2) is 5.41. The minimum absolute atomic E-state index is 0.677. The van der Waals surface area contributed by atoms with E-state index in [0.29, 0.717) is 6.04 Å². The maximum atomic E-state index is 4.43. The highest BCUT2D eigenvalue weighted by Crippen LogP contribution is 2.19. The van der Waals surface area contributed by atoms with Crippen molar-refractivity contribution in [2.75, 3.05) is 13.1 Å². The highest BCUT2D eigenvalue weighted by molar-refractivity contribution is 4.96. The van der Waals surface area contributed by atoms with Crippen LogP contribution in [0.2, 0.25) is 0 Å². The third-order valence-electron chi connectivity index (χ3n) is 4.21. The van der Waals surface area contributed by atoms with E-state index in [-0.39, 0.29) is 0 Å². The van der Waals surface area contributed by atoms with E-state index in [0.717, 1.165) is 19.1 Å². The van der Waals surface area contributed by atoms with Gasteiger partial charge in [-0.1, -0.05) is 0 Å². The molecule has 1 aliphatic carbocycles. The molecule has 1 fully saturated rings. The van der Waals surface area contributed by atoms with Crippen molar-refractivity contribution >= 4 is 0 Å². The lowest BCUT2D eigenvalue weighted by Crippen LogP contribution is -2.40. The van der Waals surface area contributed by atoms with Crippen molar-refractivity contribution in [1.82, 2.24) is 19.8 Å². The predicted molar refractivity (Wildman–Crippen MR) is 72.4 cm³/mol. The zero-order chi connectivity index (χ0) is 12.4. The van der Waals surface area contributed by atoms with Crippen LogP contribution in [-0.4, -0.2) is 39.6 Å². The molecule has 2 aliphatic rings. The minimum atomic E-state index is 0.677. The molecule has 100 valence electrons. The monoisotopic (exact) mass is 248 g/mol. The Bertz CT molecular complexity index is 383. The molecule has 1 aliphatic heterocycles. The molecule has 1 saturated carbocycles. The molecule has 4 nitrogen and oxygen atoms in total. The summed E-state index contributed by atoms with van der Waals surface area (Å²) in [6, 6.07) is 1.53. The van der Waals surface area contributed by atoms with Gasteiger partial charge in [0, 0.05) is 37.6 Å². The van der Waals surface area contributed by atoms with Gasteiger partial charge in [0.25, 0.3) is 0 Å². The van der Waals surface area contributed by atoms with Gasteiger partial charge < -0.3 is 9.88 Å². The molecule has 3 rings (SSSR count). The SMILES string of the molecule is CC(CCCNC1CC1)N1CCn2ccnc2C1. The molecule has 18 heavy (non-hydrogen) atoms. The summed E-state index contributed by atoms with van der Waals surface area (Å²) in [7, 11) is 0. The summed E-state index contributed by atoms with van der Waals surface area (Å²) in [6.07, 6.45) is 9.39. The van der Waals surface area contributed by atoms with Crippen LogP contribution in [0, 0.1) is 0 Å². The number of hydrogen-bond acceptors (Lipinski definition) is 3. The van der Waals surface area contributed by atoms with Gasteiger partial charge in [0.2, 0.25) is 0 Å². The molecular formula is C14H24N4. The number of fused-ring (bicyclic) bond motifs is 1. The second-order valence-corrected chi connectivity index (χ2v) is 5.73. The first-order valence-electron chi connectivity index (χ1n) is 7.30. The number of aromatic nitrogens is 2. The average Bonchev–Trinajstić information content (AvgIpc) is 3.09. The number of nitrogens with zero attached hydrogens (tertiary/aromatic N) is 3. The zero-order valence-corrected chi connectivity index (χ0v) is 11.3. The van der Waals surface area contributed by atoms with Crippen molar-refractivity contribution in [2.45, 2.75) is 57.8 Å². The van der Waals surface area contributed by atoms with Crippen molar-refractivity contribution in [3.8, 4) is 0 Å². The van der Waals surface area contributed by atoms with Gasteiger partial charge in [0.1, 0.15) is 5.82 Å². The summed E-state index contributed by atoms with van der Waals surface area (Å²) in [6.45, 7) is 6.83. The van der Waals surface area contributed by atoms with Gasteiger partial charge in [-0.3, -0.25) is 4.90 Å². The first-order valence-corrected chi connectivity index (χ1v) is 7.30. The molecule has 0 spiro atoms. The normalized spacial score (nSPS) is 21.8. The lowest BCUT2D eigenvalue weighted by atomic mass is 10.1. The van der Waals surface area contributed by atoms with E-state index >= 15 is 0 Å². The van der Waals surface area contributed by atoms with Gasteiger partial charge >= 0.3 is 0 Å². The highest BCUT2D eigenvalue weighted by Gasteiger charge is 2.22. The lowest BCUT2D eigenvalue weighted by molar-refractivity contribution is 0.154. The Labute approximate surface area is 109 Å². The fraction of sp³-hybridized carbons (Fsp3) is 0.786. The van der Waals surface area contributed by atoms with Crippen molar-refractivity contribution in [3.63, 3.8) is 0 Å². The highest BCUT2D eigenvalue weighted by atomic mass is 15.2. The Hall–Kier alpha value is -0.870. The first kappa shape index (κ1) is 12.2. The Morgan fingerprint density at radius 3 is 3.17 bits per heavy atom. The van der Waals surface area contributed by atoms with Crippen LogP contribution in [0.15, 0.2) is 12.4 Å². The van der Waals surface area contributed by atoms with Crippen LogP contribution in [-0.2, 0) is 13.1 Å². The fourth-order valence-corrected chi connectivity index (χ4v) is 2.74. The van der Waals surface area contributed by atoms with Gasteiger partial charge in [-0.05, 0) is 39.2 Å². The van der Waals surface area contributed by atoms with Crippen molar-refractivity contribution in [3.05, 3.63) is 18.2 Å². The molecule has 1 atom stereocenters. The summed E-state index contributed by atoms with van der Waals surface area (Å²) in [5.41, 5.74) is 0. The number of rotatable bonds is 6. The smallest absolute Gasteiger partial charge is 0.122 e. The second-order valence-electron chi connectivity index (χ2n) is 5.73. The molecule has 2 heterocycles. The number of imidazole rings is 1. The molecule has 0 bridgehead atoms. The number of nitrogens with one attached hydrogen (secondary N) is 1. The van der Waals surface area contributed by atoms with Crippen LogP contribution in [0.3, 0.4) is 0 Å². The van der Waals surface area contributed by atoms with E-state index in [1.165, 1.54) is 44.6 Å². The zero-order valence-electron chi connectivity index (χ0n) is 11.3. The maximum absolute atomic E-state index is 4.43. The molecule has 4 heteroatoms. The molecule has 0 aromatic carbocycles. The predicted octanol–water partition coefficient (Wildman–Crippen LogP) is 1.62. The van der Waals surface area contributed by atoms with E-state index in [4.69, 9.17) is 0 Å². The van der Waals surface area contributed by atoms with Crippen LogP contribution in [0.1, 0.15) is 38.4 Å². The Kier molecular flexibility index (Phi) is 3.66. The molecule has 1 aromatic rings. The fourth-order valence-electron chi connectivity index (χ4n) is 2.74. The molecule has 0 saturated heterocycles. The molecule has 1 unspecified atom stereocenters. The van der Waals surface area contributed by atoms with E-state index in [1.54, 1.807) is 0 Å².